The third-order valence-corrected chi connectivity index (χ3v) is 6.05. The zero-order chi connectivity index (χ0) is 15.4. The molecule has 1 saturated heterocycles. The fourth-order valence-corrected chi connectivity index (χ4v) is 4.73. The van der Waals surface area contributed by atoms with Crippen LogP contribution in [0.5, 0.6) is 0 Å². The van der Waals surface area contributed by atoms with Crippen molar-refractivity contribution >= 4 is 23.6 Å². The molecule has 2 rings (SSSR count). The number of carbonyl (C=O) groups is 2. The average Bonchev–Trinajstić information content (AvgIpc) is 3.09. The van der Waals surface area contributed by atoms with Crippen LogP contribution in [-0.4, -0.2) is 58.3 Å². The van der Waals surface area contributed by atoms with E-state index in [0.29, 0.717) is 17.7 Å². The Morgan fingerprint density at radius 3 is 2.76 bits per heavy atom. The number of nitrogens with zero attached hydrogens (tertiary/aromatic N) is 2. The minimum absolute atomic E-state index is 0.139. The van der Waals surface area contributed by atoms with Crippen molar-refractivity contribution in [2.45, 2.75) is 69.7 Å². The van der Waals surface area contributed by atoms with Crippen LogP contribution in [-0.2, 0) is 9.59 Å². The smallest absolute Gasteiger partial charge is 0.245 e. The Labute approximate surface area is 132 Å². The molecule has 0 spiro atoms. The normalized spacial score (nSPS) is 27.2. The van der Waals surface area contributed by atoms with Crippen LogP contribution < -0.4 is 0 Å². The SMILES string of the molecule is CCSC1CCC(N(C)C(=O)C(CC)N2CCCC2=O)C1. The van der Waals surface area contributed by atoms with Gasteiger partial charge >= 0.3 is 0 Å². The van der Waals surface area contributed by atoms with Crippen molar-refractivity contribution in [1.82, 2.24) is 9.80 Å². The Kier molecular flexibility index (Phi) is 5.97. The molecular weight excluding hydrogens is 284 g/mol. The first-order valence-electron chi connectivity index (χ1n) is 8.26. The van der Waals surface area contributed by atoms with Gasteiger partial charge in [0.2, 0.25) is 11.8 Å². The van der Waals surface area contributed by atoms with Crippen LogP contribution in [0.4, 0.5) is 0 Å². The summed E-state index contributed by atoms with van der Waals surface area (Å²) in [6.45, 7) is 4.95. The molecule has 21 heavy (non-hydrogen) atoms. The number of hydrogen-bond acceptors (Lipinski definition) is 3. The Hall–Kier alpha value is -0.710. The maximum absolute atomic E-state index is 12.8. The highest BCUT2D eigenvalue weighted by Crippen LogP contribution is 2.32. The molecule has 1 heterocycles. The van der Waals surface area contributed by atoms with E-state index in [4.69, 9.17) is 0 Å². The van der Waals surface area contributed by atoms with E-state index in [9.17, 15) is 9.59 Å². The molecule has 1 saturated carbocycles. The first kappa shape index (κ1) is 16.7. The monoisotopic (exact) mass is 312 g/mol. The highest BCUT2D eigenvalue weighted by atomic mass is 32.2. The number of carbonyl (C=O) groups excluding carboxylic acids is 2. The second-order valence-electron chi connectivity index (χ2n) is 6.11. The number of likely N-dealkylation sites (N-methyl/N-ethyl adjacent to an activating group) is 1. The van der Waals surface area contributed by atoms with E-state index in [1.54, 1.807) is 4.90 Å². The third-order valence-electron chi connectivity index (χ3n) is 4.81. The van der Waals surface area contributed by atoms with Gasteiger partial charge in [0.05, 0.1) is 0 Å². The molecule has 4 nitrogen and oxygen atoms in total. The summed E-state index contributed by atoms with van der Waals surface area (Å²) in [7, 11) is 1.93. The van der Waals surface area contributed by atoms with E-state index in [1.807, 2.05) is 30.6 Å². The van der Waals surface area contributed by atoms with E-state index < -0.39 is 0 Å². The average molecular weight is 312 g/mol. The Morgan fingerprint density at radius 1 is 1.43 bits per heavy atom. The number of likely N-dealkylation sites (tertiary alicyclic amines) is 1. The van der Waals surface area contributed by atoms with Gasteiger partial charge in [-0.25, -0.2) is 0 Å². The lowest BCUT2D eigenvalue weighted by atomic mass is 10.1. The van der Waals surface area contributed by atoms with E-state index in [1.165, 1.54) is 6.42 Å². The van der Waals surface area contributed by atoms with E-state index in [0.717, 1.165) is 38.0 Å². The number of thioether (sulfide) groups is 1. The van der Waals surface area contributed by atoms with Gasteiger partial charge in [-0.05, 0) is 37.9 Å². The van der Waals surface area contributed by atoms with Gasteiger partial charge in [-0.1, -0.05) is 13.8 Å². The summed E-state index contributed by atoms with van der Waals surface area (Å²) in [6.07, 6.45) is 5.63. The van der Waals surface area contributed by atoms with Gasteiger partial charge in [-0.2, -0.15) is 11.8 Å². The summed E-state index contributed by atoms with van der Waals surface area (Å²) in [5.74, 6) is 1.43. The van der Waals surface area contributed by atoms with Crippen molar-refractivity contribution in [2.24, 2.45) is 0 Å². The minimum Gasteiger partial charge on any atom is -0.341 e. The summed E-state index contributed by atoms with van der Waals surface area (Å²) in [5.41, 5.74) is 0. The van der Waals surface area contributed by atoms with Gasteiger partial charge in [0, 0.05) is 31.3 Å². The highest BCUT2D eigenvalue weighted by Gasteiger charge is 2.37. The van der Waals surface area contributed by atoms with Crippen LogP contribution >= 0.6 is 11.8 Å². The van der Waals surface area contributed by atoms with Crippen LogP contribution in [0.15, 0.2) is 0 Å². The lowest BCUT2D eigenvalue weighted by Crippen LogP contribution is -2.50. The second-order valence-corrected chi connectivity index (χ2v) is 7.69. The summed E-state index contributed by atoms with van der Waals surface area (Å²) < 4.78 is 0. The molecule has 3 unspecified atom stereocenters. The first-order valence-corrected chi connectivity index (χ1v) is 9.31. The molecule has 0 aromatic heterocycles. The summed E-state index contributed by atoms with van der Waals surface area (Å²) in [4.78, 5) is 28.4. The summed E-state index contributed by atoms with van der Waals surface area (Å²) in [6, 6.07) is 0.108. The standard InChI is InChI=1S/C16H28N2O2S/c1-4-14(18-10-6-7-15(18)19)16(20)17(3)12-8-9-13(11-12)21-5-2/h12-14H,4-11H2,1-3H3. The zero-order valence-electron chi connectivity index (χ0n) is 13.5. The molecule has 2 fully saturated rings. The highest BCUT2D eigenvalue weighted by molar-refractivity contribution is 7.99. The van der Waals surface area contributed by atoms with Crippen molar-refractivity contribution in [3.8, 4) is 0 Å². The van der Waals surface area contributed by atoms with Crippen LogP contribution in [0.25, 0.3) is 0 Å². The van der Waals surface area contributed by atoms with Crippen LogP contribution in [0.1, 0.15) is 52.4 Å². The van der Waals surface area contributed by atoms with Gasteiger partial charge in [0.25, 0.3) is 0 Å². The van der Waals surface area contributed by atoms with Gasteiger partial charge in [0.1, 0.15) is 6.04 Å². The number of rotatable bonds is 6. The largest absolute Gasteiger partial charge is 0.341 e. The van der Waals surface area contributed by atoms with Gasteiger partial charge in [0.15, 0.2) is 0 Å². The van der Waals surface area contributed by atoms with Gasteiger partial charge in [-0.3, -0.25) is 9.59 Å². The molecule has 3 atom stereocenters. The fourth-order valence-electron chi connectivity index (χ4n) is 3.60. The van der Waals surface area contributed by atoms with Crippen LogP contribution in [0.2, 0.25) is 0 Å². The van der Waals surface area contributed by atoms with Gasteiger partial charge in [-0.15, -0.1) is 0 Å². The zero-order valence-corrected chi connectivity index (χ0v) is 14.3. The molecule has 0 radical (unpaired) electrons. The Bertz CT molecular complexity index is 388. The van der Waals surface area contributed by atoms with Crippen LogP contribution in [0.3, 0.4) is 0 Å². The lowest BCUT2D eigenvalue weighted by Gasteiger charge is -2.33. The number of hydrogen-bond donors (Lipinski definition) is 0. The van der Waals surface area contributed by atoms with Crippen molar-refractivity contribution in [3.05, 3.63) is 0 Å². The van der Waals surface area contributed by atoms with Crippen LogP contribution in [0, 0.1) is 0 Å². The predicted octanol–water partition coefficient (Wildman–Crippen LogP) is 2.52. The van der Waals surface area contributed by atoms with Crippen molar-refractivity contribution < 1.29 is 9.59 Å². The molecule has 2 aliphatic rings. The van der Waals surface area contributed by atoms with Crippen molar-refractivity contribution in [3.63, 3.8) is 0 Å². The second kappa shape index (κ2) is 7.52. The molecule has 0 aromatic carbocycles. The number of amides is 2. The van der Waals surface area contributed by atoms with Crippen molar-refractivity contribution in [1.29, 1.82) is 0 Å². The summed E-state index contributed by atoms with van der Waals surface area (Å²) in [5, 5.41) is 0.698. The topological polar surface area (TPSA) is 40.6 Å². The predicted molar refractivity (Wildman–Crippen MR) is 87.4 cm³/mol. The quantitative estimate of drug-likeness (QED) is 0.757. The molecule has 5 heteroatoms. The van der Waals surface area contributed by atoms with Gasteiger partial charge < -0.3 is 9.80 Å². The molecule has 1 aliphatic carbocycles. The lowest BCUT2D eigenvalue weighted by molar-refractivity contribution is -0.144. The molecular formula is C16H28N2O2S. The molecule has 1 aliphatic heterocycles. The molecule has 0 aromatic rings. The summed E-state index contributed by atoms with van der Waals surface area (Å²) >= 11 is 2.01. The van der Waals surface area contributed by atoms with E-state index >= 15 is 0 Å². The molecule has 120 valence electrons. The van der Waals surface area contributed by atoms with Crippen molar-refractivity contribution in [2.75, 3.05) is 19.3 Å². The van der Waals surface area contributed by atoms with E-state index in [-0.39, 0.29) is 17.9 Å². The molecule has 2 amide bonds. The maximum atomic E-state index is 12.8. The Morgan fingerprint density at radius 2 is 2.19 bits per heavy atom. The Balaban J connectivity index is 1.96. The minimum atomic E-state index is -0.247. The fraction of sp³-hybridized carbons (Fsp3) is 0.875. The molecule has 0 N–H and O–H groups in total. The maximum Gasteiger partial charge on any atom is 0.245 e. The molecule has 0 bridgehead atoms. The van der Waals surface area contributed by atoms with E-state index in [2.05, 4.69) is 6.92 Å². The third kappa shape index (κ3) is 3.74. The first-order chi connectivity index (χ1) is 10.1.